The molecule has 2 heterocycles. The molecule has 26 heavy (non-hydrogen) atoms. The van der Waals surface area contributed by atoms with E-state index in [2.05, 4.69) is 34.6 Å². The molecule has 2 rings (SSSR count). The molecule has 7 nitrogen and oxygen atoms in total. The first-order chi connectivity index (χ1) is 12.7. The molecule has 2 aromatic heterocycles. The van der Waals surface area contributed by atoms with E-state index in [9.17, 15) is 4.79 Å². The minimum Gasteiger partial charge on any atom is -0.361 e. The van der Waals surface area contributed by atoms with Crippen molar-refractivity contribution < 1.29 is 4.52 Å². The summed E-state index contributed by atoms with van der Waals surface area (Å²) in [5, 5.41) is 10.8. The van der Waals surface area contributed by atoms with Crippen molar-refractivity contribution >= 4 is 5.96 Å². The van der Waals surface area contributed by atoms with Crippen LogP contribution in [0.25, 0.3) is 0 Å². The second-order valence-corrected chi connectivity index (χ2v) is 6.03. The molecule has 0 radical (unpaired) electrons. The van der Waals surface area contributed by atoms with Gasteiger partial charge in [0.15, 0.2) is 5.96 Å². The summed E-state index contributed by atoms with van der Waals surface area (Å²) < 4.78 is 7.12. The highest BCUT2D eigenvalue weighted by Gasteiger charge is 2.13. The van der Waals surface area contributed by atoms with E-state index in [1.54, 1.807) is 23.7 Å². The molecular weight excluding hydrogens is 330 g/mol. The third-order valence-corrected chi connectivity index (χ3v) is 4.28. The zero-order chi connectivity index (χ0) is 18.8. The van der Waals surface area contributed by atoms with Gasteiger partial charge in [0.25, 0.3) is 0 Å². The van der Waals surface area contributed by atoms with Gasteiger partial charge in [0, 0.05) is 50.9 Å². The summed E-state index contributed by atoms with van der Waals surface area (Å²) in [6.45, 7) is 6.31. The highest BCUT2D eigenvalue weighted by molar-refractivity contribution is 5.79. The van der Waals surface area contributed by atoms with Crippen LogP contribution in [0.15, 0.2) is 38.7 Å². The number of aromatic nitrogens is 2. The summed E-state index contributed by atoms with van der Waals surface area (Å²) in [5.74, 6) is 1.69. The first kappa shape index (κ1) is 19.8. The molecule has 0 aromatic carbocycles. The zero-order valence-corrected chi connectivity index (χ0v) is 15.9. The number of guanidine groups is 1. The largest absolute Gasteiger partial charge is 0.361 e. The molecule has 0 fully saturated rings. The van der Waals surface area contributed by atoms with Crippen LogP contribution in [0.5, 0.6) is 0 Å². The first-order valence-electron chi connectivity index (χ1n) is 9.25. The fourth-order valence-electron chi connectivity index (χ4n) is 2.79. The molecular formula is C19H29N5O2. The van der Waals surface area contributed by atoms with E-state index in [0.29, 0.717) is 6.54 Å². The Morgan fingerprint density at radius 3 is 2.77 bits per heavy atom. The van der Waals surface area contributed by atoms with E-state index in [1.165, 1.54) is 0 Å². The minimum absolute atomic E-state index is 0.0464. The molecule has 2 aromatic rings. The molecule has 0 spiro atoms. The van der Waals surface area contributed by atoms with Gasteiger partial charge in [-0.2, -0.15) is 0 Å². The normalized spacial score (nSPS) is 11.6. The Hall–Kier alpha value is -2.57. The maximum Gasteiger partial charge on any atom is 0.250 e. The van der Waals surface area contributed by atoms with Crippen LogP contribution in [-0.2, 0) is 25.9 Å². The van der Waals surface area contributed by atoms with Crippen molar-refractivity contribution in [1.82, 2.24) is 20.4 Å². The molecule has 0 saturated heterocycles. The number of aliphatic imine (C=N–C) groups is 1. The molecule has 0 saturated carbocycles. The van der Waals surface area contributed by atoms with Crippen molar-refractivity contribution in [1.29, 1.82) is 0 Å². The van der Waals surface area contributed by atoms with Crippen molar-refractivity contribution in [2.24, 2.45) is 4.99 Å². The van der Waals surface area contributed by atoms with Crippen LogP contribution in [0.1, 0.15) is 43.7 Å². The first-order valence-corrected chi connectivity index (χ1v) is 9.25. The van der Waals surface area contributed by atoms with Crippen LogP contribution < -0.4 is 16.2 Å². The molecule has 142 valence electrons. The summed E-state index contributed by atoms with van der Waals surface area (Å²) in [5.41, 5.74) is 2.17. The van der Waals surface area contributed by atoms with Gasteiger partial charge in [-0.25, -0.2) is 0 Å². The lowest BCUT2D eigenvalue weighted by Crippen LogP contribution is -2.37. The summed E-state index contributed by atoms with van der Waals surface area (Å²) >= 11 is 0. The fraction of sp³-hybridized carbons (Fsp3) is 0.526. The van der Waals surface area contributed by atoms with Gasteiger partial charge in [-0.15, -0.1) is 0 Å². The molecule has 0 atom stereocenters. The highest BCUT2D eigenvalue weighted by atomic mass is 16.5. The molecule has 0 aliphatic carbocycles. The Labute approximate surface area is 154 Å². The second-order valence-electron chi connectivity index (χ2n) is 6.03. The van der Waals surface area contributed by atoms with Gasteiger partial charge in [-0.3, -0.25) is 9.79 Å². The molecule has 2 N–H and O–H groups in total. The van der Waals surface area contributed by atoms with Crippen LogP contribution in [0.3, 0.4) is 0 Å². The van der Waals surface area contributed by atoms with Crippen molar-refractivity contribution in [3.63, 3.8) is 0 Å². The minimum atomic E-state index is 0.0464. The predicted molar refractivity (Wildman–Crippen MR) is 103 cm³/mol. The van der Waals surface area contributed by atoms with Crippen molar-refractivity contribution in [2.45, 2.75) is 52.6 Å². The van der Waals surface area contributed by atoms with Crippen molar-refractivity contribution in [2.75, 3.05) is 13.6 Å². The van der Waals surface area contributed by atoms with E-state index in [0.717, 1.165) is 61.7 Å². The maximum absolute atomic E-state index is 11.6. The molecule has 0 unspecified atom stereocenters. The van der Waals surface area contributed by atoms with E-state index >= 15 is 0 Å². The Morgan fingerprint density at radius 2 is 2.08 bits per heavy atom. The summed E-state index contributed by atoms with van der Waals surface area (Å²) in [6.07, 6.45) is 5.39. The number of nitrogens with one attached hydrogen (secondary N) is 2. The number of rotatable bonds is 9. The quantitative estimate of drug-likeness (QED) is 0.407. The lowest BCUT2D eigenvalue weighted by molar-refractivity contribution is 0.380. The van der Waals surface area contributed by atoms with E-state index in [1.807, 2.05) is 12.3 Å². The maximum atomic E-state index is 11.6. The SMILES string of the molecule is CCc1noc(CC)c1CNC(=NC)NCCCCn1ccccc1=O. The van der Waals surface area contributed by atoms with Gasteiger partial charge in [0.05, 0.1) is 5.69 Å². The third kappa shape index (κ3) is 5.47. The topological polar surface area (TPSA) is 84.4 Å². The van der Waals surface area contributed by atoms with Crippen LogP contribution in [-0.4, -0.2) is 29.3 Å². The van der Waals surface area contributed by atoms with Crippen LogP contribution in [0, 0.1) is 0 Å². The number of pyridine rings is 1. The van der Waals surface area contributed by atoms with Gasteiger partial charge >= 0.3 is 0 Å². The van der Waals surface area contributed by atoms with E-state index in [-0.39, 0.29) is 5.56 Å². The van der Waals surface area contributed by atoms with Crippen LogP contribution in [0.2, 0.25) is 0 Å². The second kappa shape index (κ2) is 10.4. The number of unbranched alkanes of at least 4 members (excludes halogenated alkanes) is 1. The predicted octanol–water partition coefficient (Wildman–Crippen LogP) is 2.11. The zero-order valence-electron chi connectivity index (χ0n) is 15.9. The Kier molecular flexibility index (Phi) is 7.92. The van der Waals surface area contributed by atoms with Gasteiger partial charge in [0.1, 0.15) is 5.76 Å². The van der Waals surface area contributed by atoms with Crippen molar-refractivity contribution in [3.8, 4) is 0 Å². The number of hydrogen-bond acceptors (Lipinski definition) is 4. The van der Waals surface area contributed by atoms with Crippen LogP contribution >= 0.6 is 0 Å². The van der Waals surface area contributed by atoms with Crippen molar-refractivity contribution in [3.05, 3.63) is 51.8 Å². The Balaban J connectivity index is 1.74. The van der Waals surface area contributed by atoms with Crippen LogP contribution in [0.4, 0.5) is 0 Å². The summed E-state index contributed by atoms with van der Waals surface area (Å²) in [6, 6.07) is 5.23. The van der Waals surface area contributed by atoms with Gasteiger partial charge in [-0.05, 0) is 25.3 Å². The average molecular weight is 359 g/mol. The lowest BCUT2D eigenvalue weighted by atomic mass is 10.1. The monoisotopic (exact) mass is 359 g/mol. The number of hydrogen-bond donors (Lipinski definition) is 2. The van der Waals surface area contributed by atoms with Gasteiger partial charge < -0.3 is 19.7 Å². The average Bonchev–Trinajstić information content (AvgIpc) is 3.07. The van der Waals surface area contributed by atoms with E-state index in [4.69, 9.17) is 4.52 Å². The smallest absolute Gasteiger partial charge is 0.250 e. The Morgan fingerprint density at radius 1 is 1.23 bits per heavy atom. The fourth-order valence-corrected chi connectivity index (χ4v) is 2.79. The standard InChI is InChI=1S/C19H29N5O2/c1-4-16-15(17(5-2)26-23-16)14-22-19(20-3)21-11-7-9-13-24-12-8-6-10-18(24)25/h6,8,10,12H,4-5,7,9,11,13-14H2,1-3H3,(H2,20,21,22). The summed E-state index contributed by atoms with van der Waals surface area (Å²) in [4.78, 5) is 15.9. The molecule has 7 heteroatoms. The summed E-state index contributed by atoms with van der Waals surface area (Å²) in [7, 11) is 1.76. The molecule has 0 bridgehead atoms. The lowest BCUT2D eigenvalue weighted by Gasteiger charge is -2.12. The number of nitrogens with zero attached hydrogens (tertiary/aromatic N) is 3. The van der Waals surface area contributed by atoms with E-state index < -0.39 is 0 Å². The molecule has 0 aliphatic heterocycles. The van der Waals surface area contributed by atoms with Gasteiger partial charge in [-0.1, -0.05) is 25.1 Å². The molecule has 0 amide bonds. The number of aryl methyl sites for hydroxylation is 3. The molecule has 0 aliphatic rings. The Bertz CT molecular complexity index is 742. The third-order valence-electron chi connectivity index (χ3n) is 4.28. The highest BCUT2D eigenvalue weighted by Crippen LogP contribution is 2.15. The van der Waals surface area contributed by atoms with Gasteiger partial charge in [0.2, 0.25) is 5.56 Å².